The fourth-order valence-electron chi connectivity index (χ4n) is 2.75. The monoisotopic (exact) mass is 297 g/mol. The lowest BCUT2D eigenvalue weighted by atomic mass is 9.92. The van der Waals surface area contributed by atoms with Crippen LogP contribution in [0.15, 0.2) is 29.2 Å². The molecule has 2 atom stereocenters. The first kappa shape index (κ1) is 15.0. The smallest absolute Gasteiger partial charge is 0.308 e. The number of carbonyl (C=O) groups is 1. The van der Waals surface area contributed by atoms with E-state index < -0.39 is 28.0 Å². The first-order valence-electron chi connectivity index (χ1n) is 6.66. The molecule has 1 aliphatic rings. The van der Waals surface area contributed by atoms with Gasteiger partial charge in [0.1, 0.15) is 0 Å². The summed E-state index contributed by atoms with van der Waals surface area (Å²) < 4.78 is 26.8. The number of sulfonamides is 1. The number of hydrogen-bond donors (Lipinski definition) is 1. The van der Waals surface area contributed by atoms with Crippen LogP contribution in [0.5, 0.6) is 0 Å². The standard InChI is InChI=1S/C14H19NO4S/c1-10-6-3-4-8-13(10)20(18,19)15-9-5-7-12(11(15)2)14(16)17/h3-4,6,8,11-12H,5,7,9H2,1-2H3,(H,16,17)/t11-,12-/m1/s1. The van der Waals surface area contributed by atoms with Crippen LogP contribution < -0.4 is 0 Å². The maximum atomic E-state index is 12.7. The van der Waals surface area contributed by atoms with Crippen molar-refractivity contribution in [3.05, 3.63) is 29.8 Å². The number of hydrogen-bond acceptors (Lipinski definition) is 3. The minimum absolute atomic E-state index is 0.262. The molecule has 1 fully saturated rings. The number of rotatable bonds is 3. The van der Waals surface area contributed by atoms with E-state index in [2.05, 4.69) is 0 Å². The fourth-order valence-corrected chi connectivity index (χ4v) is 4.69. The van der Waals surface area contributed by atoms with Crippen LogP contribution in [0.4, 0.5) is 0 Å². The Kier molecular flexibility index (Phi) is 4.15. The minimum Gasteiger partial charge on any atom is -0.481 e. The van der Waals surface area contributed by atoms with Gasteiger partial charge in [0.05, 0.1) is 10.8 Å². The van der Waals surface area contributed by atoms with Crippen molar-refractivity contribution in [2.45, 2.75) is 37.6 Å². The highest BCUT2D eigenvalue weighted by Gasteiger charge is 2.39. The Morgan fingerprint density at radius 2 is 2.00 bits per heavy atom. The molecule has 6 heteroatoms. The van der Waals surface area contributed by atoms with Crippen molar-refractivity contribution >= 4 is 16.0 Å². The van der Waals surface area contributed by atoms with Crippen LogP contribution in [-0.2, 0) is 14.8 Å². The first-order valence-corrected chi connectivity index (χ1v) is 8.10. The maximum absolute atomic E-state index is 12.7. The van der Waals surface area contributed by atoms with Crippen LogP contribution in [0.3, 0.4) is 0 Å². The van der Waals surface area contributed by atoms with Gasteiger partial charge in [-0.1, -0.05) is 18.2 Å². The Hall–Kier alpha value is -1.40. The molecule has 0 spiro atoms. The summed E-state index contributed by atoms with van der Waals surface area (Å²) in [4.78, 5) is 11.5. The lowest BCUT2D eigenvalue weighted by Gasteiger charge is -2.36. The molecule has 0 amide bonds. The second kappa shape index (κ2) is 5.54. The maximum Gasteiger partial charge on any atom is 0.308 e. The molecule has 0 saturated carbocycles. The van der Waals surface area contributed by atoms with E-state index >= 15 is 0 Å². The molecule has 1 aromatic carbocycles. The summed E-state index contributed by atoms with van der Waals surface area (Å²) in [5, 5.41) is 9.20. The molecule has 0 unspecified atom stereocenters. The fraction of sp³-hybridized carbons (Fsp3) is 0.500. The van der Waals surface area contributed by atoms with Crippen LogP contribution in [0.25, 0.3) is 0 Å². The van der Waals surface area contributed by atoms with Gasteiger partial charge in [0, 0.05) is 12.6 Å². The van der Waals surface area contributed by atoms with Gasteiger partial charge in [0.2, 0.25) is 10.0 Å². The zero-order valence-corrected chi connectivity index (χ0v) is 12.4. The van der Waals surface area contributed by atoms with Crippen molar-refractivity contribution in [2.24, 2.45) is 5.92 Å². The molecule has 20 heavy (non-hydrogen) atoms. The molecule has 0 bridgehead atoms. The molecule has 1 aromatic rings. The van der Waals surface area contributed by atoms with Crippen LogP contribution in [-0.4, -0.2) is 36.4 Å². The second-order valence-corrected chi connectivity index (χ2v) is 7.07. The number of piperidine rings is 1. The minimum atomic E-state index is -3.64. The van der Waals surface area contributed by atoms with Gasteiger partial charge >= 0.3 is 5.97 Å². The number of carboxylic acid groups (broad SMARTS) is 1. The van der Waals surface area contributed by atoms with Gasteiger partial charge in [-0.25, -0.2) is 8.42 Å². The summed E-state index contributed by atoms with van der Waals surface area (Å²) in [5.41, 5.74) is 0.678. The molecular formula is C14H19NO4S. The highest BCUT2D eigenvalue weighted by atomic mass is 32.2. The molecule has 1 N–H and O–H groups in total. The quantitative estimate of drug-likeness (QED) is 0.924. The van der Waals surface area contributed by atoms with Gasteiger partial charge in [0.25, 0.3) is 0 Å². The van der Waals surface area contributed by atoms with E-state index in [4.69, 9.17) is 0 Å². The third-order valence-corrected chi connectivity index (χ3v) is 6.07. The van der Waals surface area contributed by atoms with E-state index in [0.717, 1.165) is 0 Å². The predicted octanol–water partition coefficient (Wildman–Crippen LogP) is 1.87. The Balaban J connectivity index is 2.39. The van der Waals surface area contributed by atoms with Gasteiger partial charge < -0.3 is 5.11 Å². The summed E-state index contributed by atoms with van der Waals surface area (Å²) in [5.74, 6) is -1.57. The number of aliphatic carboxylic acids is 1. The highest BCUT2D eigenvalue weighted by Crippen LogP contribution is 2.30. The molecule has 110 valence electrons. The van der Waals surface area contributed by atoms with Crippen molar-refractivity contribution < 1.29 is 18.3 Å². The zero-order chi connectivity index (χ0) is 14.9. The summed E-state index contributed by atoms with van der Waals surface area (Å²) in [6, 6.07) is 6.26. The van der Waals surface area contributed by atoms with Gasteiger partial charge in [-0.05, 0) is 38.3 Å². The average molecular weight is 297 g/mol. The third-order valence-electron chi connectivity index (χ3n) is 3.93. The normalized spacial score (nSPS) is 24.5. The van der Waals surface area contributed by atoms with E-state index in [0.29, 0.717) is 24.9 Å². The van der Waals surface area contributed by atoms with Crippen molar-refractivity contribution in [1.82, 2.24) is 4.31 Å². The lowest BCUT2D eigenvalue weighted by Crippen LogP contribution is -2.49. The first-order chi connectivity index (χ1) is 9.35. The van der Waals surface area contributed by atoms with Crippen molar-refractivity contribution in [2.75, 3.05) is 6.54 Å². The molecular weight excluding hydrogens is 278 g/mol. The van der Waals surface area contributed by atoms with Gasteiger partial charge in [-0.3, -0.25) is 4.79 Å². The van der Waals surface area contributed by atoms with Crippen LogP contribution in [0, 0.1) is 12.8 Å². The largest absolute Gasteiger partial charge is 0.481 e. The van der Waals surface area contributed by atoms with E-state index in [1.807, 2.05) is 0 Å². The predicted molar refractivity (Wildman–Crippen MR) is 74.9 cm³/mol. The second-order valence-electron chi connectivity index (χ2n) is 5.21. The summed E-state index contributed by atoms with van der Waals surface area (Å²) in [7, 11) is -3.64. The Bertz CT molecular complexity index is 611. The van der Waals surface area contributed by atoms with Gasteiger partial charge in [-0.15, -0.1) is 0 Å². The molecule has 0 aliphatic carbocycles. The highest BCUT2D eigenvalue weighted by molar-refractivity contribution is 7.89. The van der Waals surface area contributed by atoms with E-state index in [1.54, 1.807) is 38.1 Å². The number of benzene rings is 1. The Morgan fingerprint density at radius 3 is 2.60 bits per heavy atom. The molecule has 1 saturated heterocycles. The molecule has 0 aromatic heterocycles. The van der Waals surface area contributed by atoms with Crippen LogP contribution >= 0.6 is 0 Å². The number of nitrogens with zero attached hydrogens (tertiary/aromatic N) is 1. The summed E-state index contributed by atoms with van der Waals surface area (Å²) in [6.45, 7) is 3.80. The average Bonchev–Trinajstić information content (AvgIpc) is 2.38. The summed E-state index contributed by atoms with van der Waals surface area (Å²) >= 11 is 0. The van der Waals surface area contributed by atoms with Crippen LogP contribution in [0.1, 0.15) is 25.3 Å². The molecule has 5 nitrogen and oxygen atoms in total. The van der Waals surface area contributed by atoms with Gasteiger partial charge in [0.15, 0.2) is 0 Å². The molecule has 1 aliphatic heterocycles. The van der Waals surface area contributed by atoms with E-state index in [-0.39, 0.29) is 4.90 Å². The van der Waals surface area contributed by atoms with E-state index in [1.165, 1.54) is 4.31 Å². The lowest BCUT2D eigenvalue weighted by molar-refractivity contribution is -0.144. The van der Waals surface area contributed by atoms with Gasteiger partial charge in [-0.2, -0.15) is 4.31 Å². The Morgan fingerprint density at radius 1 is 1.35 bits per heavy atom. The molecule has 2 rings (SSSR count). The van der Waals surface area contributed by atoms with Crippen molar-refractivity contribution in [3.8, 4) is 0 Å². The summed E-state index contributed by atoms with van der Waals surface area (Å²) in [6.07, 6.45) is 1.10. The number of carboxylic acids is 1. The Labute approximate surface area is 119 Å². The third kappa shape index (κ3) is 2.58. The molecule has 1 heterocycles. The van der Waals surface area contributed by atoms with Crippen LogP contribution in [0.2, 0.25) is 0 Å². The topological polar surface area (TPSA) is 74.7 Å². The molecule has 0 radical (unpaired) electrons. The van der Waals surface area contributed by atoms with E-state index in [9.17, 15) is 18.3 Å². The van der Waals surface area contributed by atoms with Crippen molar-refractivity contribution in [3.63, 3.8) is 0 Å². The van der Waals surface area contributed by atoms with Crippen molar-refractivity contribution in [1.29, 1.82) is 0 Å². The SMILES string of the molecule is Cc1ccccc1S(=O)(=O)N1CCC[C@@H](C(=O)O)[C@H]1C. The zero-order valence-electron chi connectivity index (χ0n) is 11.6. The number of aryl methyl sites for hydroxylation is 1.